The van der Waals surface area contributed by atoms with E-state index in [1.807, 2.05) is 12.1 Å². The van der Waals surface area contributed by atoms with Gasteiger partial charge in [-0.1, -0.05) is 6.07 Å². The predicted molar refractivity (Wildman–Crippen MR) is 96.1 cm³/mol. The molecule has 0 radical (unpaired) electrons. The average molecular weight is 376 g/mol. The number of aryl methyl sites for hydroxylation is 1. The molecule has 1 aromatic heterocycles. The topological polar surface area (TPSA) is 96.7 Å². The van der Waals surface area contributed by atoms with Crippen LogP contribution in [-0.2, 0) is 16.6 Å². The molecule has 0 amide bonds. The Morgan fingerprint density at radius 3 is 2.38 bits per heavy atom. The molecule has 0 bridgehead atoms. The van der Waals surface area contributed by atoms with Crippen LogP contribution in [0.2, 0.25) is 0 Å². The van der Waals surface area contributed by atoms with Gasteiger partial charge in [-0.05, 0) is 30.7 Å². The lowest BCUT2D eigenvalue weighted by Crippen LogP contribution is -2.48. The summed E-state index contributed by atoms with van der Waals surface area (Å²) in [6.07, 6.45) is 3.47. The molecule has 9 heteroatoms. The lowest BCUT2D eigenvalue weighted by molar-refractivity contribution is -0.385. The van der Waals surface area contributed by atoms with E-state index in [9.17, 15) is 18.5 Å². The second-order valence-electron chi connectivity index (χ2n) is 6.24. The van der Waals surface area contributed by atoms with E-state index in [4.69, 9.17) is 0 Å². The van der Waals surface area contributed by atoms with E-state index < -0.39 is 14.9 Å². The first kappa shape index (κ1) is 18.4. The van der Waals surface area contributed by atoms with Crippen LogP contribution >= 0.6 is 0 Å². The van der Waals surface area contributed by atoms with Crippen molar-refractivity contribution in [2.24, 2.45) is 0 Å². The highest BCUT2D eigenvalue weighted by Crippen LogP contribution is 2.25. The summed E-state index contributed by atoms with van der Waals surface area (Å²) in [5, 5.41) is 11.1. The Hall–Kier alpha value is -2.36. The van der Waals surface area contributed by atoms with Gasteiger partial charge in [0.05, 0.1) is 9.82 Å². The van der Waals surface area contributed by atoms with E-state index in [0.717, 1.165) is 18.2 Å². The minimum Gasteiger partial charge on any atom is -0.296 e. The number of hydrogen-bond acceptors (Lipinski definition) is 6. The summed E-state index contributed by atoms with van der Waals surface area (Å²) in [5.41, 5.74) is 1.39. The number of nitro groups is 1. The quantitative estimate of drug-likeness (QED) is 0.583. The van der Waals surface area contributed by atoms with Crippen molar-refractivity contribution in [3.05, 3.63) is 64.0 Å². The molecule has 8 nitrogen and oxygen atoms in total. The largest absolute Gasteiger partial charge is 0.296 e. The third-order valence-electron chi connectivity index (χ3n) is 4.50. The fourth-order valence-electron chi connectivity index (χ4n) is 2.97. The maximum atomic E-state index is 12.8. The van der Waals surface area contributed by atoms with Crippen LogP contribution in [0, 0.1) is 17.0 Å². The van der Waals surface area contributed by atoms with Crippen LogP contribution < -0.4 is 0 Å². The monoisotopic (exact) mass is 376 g/mol. The maximum Gasteiger partial charge on any atom is 0.273 e. The van der Waals surface area contributed by atoms with Crippen LogP contribution in [0.25, 0.3) is 0 Å². The van der Waals surface area contributed by atoms with E-state index in [1.54, 1.807) is 19.3 Å². The number of hydrogen-bond donors (Lipinski definition) is 0. The Bertz CT molecular complexity index is 894. The summed E-state index contributed by atoms with van der Waals surface area (Å²) in [7, 11) is -3.74. The van der Waals surface area contributed by atoms with Crippen molar-refractivity contribution >= 4 is 15.7 Å². The van der Waals surface area contributed by atoms with E-state index >= 15 is 0 Å². The van der Waals surface area contributed by atoms with Crippen LogP contribution in [0.4, 0.5) is 5.69 Å². The fourth-order valence-corrected chi connectivity index (χ4v) is 4.41. The molecule has 1 fully saturated rings. The van der Waals surface area contributed by atoms with Crippen molar-refractivity contribution < 1.29 is 13.3 Å². The predicted octanol–water partition coefficient (Wildman–Crippen LogP) is 1.80. The van der Waals surface area contributed by atoms with E-state index in [2.05, 4.69) is 9.88 Å². The molecule has 1 aromatic carbocycles. The Morgan fingerprint density at radius 1 is 1.12 bits per heavy atom. The maximum absolute atomic E-state index is 12.8. The molecule has 0 saturated carbocycles. The summed E-state index contributed by atoms with van der Waals surface area (Å²) in [6, 6.07) is 7.93. The number of sulfonamides is 1. The number of aromatic nitrogens is 1. The van der Waals surface area contributed by atoms with Gasteiger partial charge >= 0.3 is 0 Å². The second kappa shape index (κ2) is 7.48. The lowest BCUT2D eigenvalue weighted by Gasteiger charge is -2.34. The number of nitro benzene ring substituents is 1. The molecule has 1 aliphatic heterocycles. The third-order valence-corrected chi connectivity index (χ3v) is 6.40. The summed E-state index contributed by atoms with van der Waals surface area (Å²) in [4.78, 5) is 16.7. The number of rotatable bonds is 5. The Balaban J connectivity index is 1.70. The fraction of sp³-hybridized carbons (Fsp3) is 0.353. The minimum atomic E-state index is -3.74. The molecule has 0 spiro atoms. The summed E-state index contributed by atoms with van der Waals surface area (Å²) >= 11 is 0. The van der Waals surface area contributed by atoms with Gasteiger partial charge in [-0.2, -0.15) is 4.31 Å². The zero-order valence-electron chi connectivity index (χ0n) is 14.4. The molecule has 1 saturated heterocycles. The molecule has 3 rings (SSSR count). The standard InChI is InChI=1S/C17H20N4O4S/c1-14-2-3-16(12-17(14)21(22)23)26(24,25)20-10-8-19(9-11-20)13-15-4-6-18-7-5-15/h2-7,12H,8-11,13H2,1H3. The van der Waals surface area contributed by atoms with Crippen LogP contribution in [-0.4, -0.2) is 53.7 Å². The van der Waals surface area contributed by atoms with Gasteiger partial charge in [-0.25, -0.2) is 8.42 Å². The lowest BCUT2D eigenvalue weighted by atomic mass is 10.2. The summed E-state index contributed by atoms with van der Waals surface area (Å²) in [5.74, 6) is 0. The van der Waals surface area contributed by atoms with Gasteiger partial charge in [0, 0.05) is 56.7 Å². The smallest absolute Gasteiger partial charge is 0.273 e. The van der Waals surface area contributed by atoms with Crippen LogP contribution in [0.1, 0.15) is 11.1 Å². The summed E-state index contributed by atoms with van der Waals surface area (Å²) < 4.78 is 27.0. The molecule has 2 aromatic rings. The first-order valence-corrected chi connectivity index (χ1v) is 9.68. The number of benzene rings is 1. The molecular formula is C17H20N4O4S. The van der Waals surface area contributed by atoms with E-state index in [0.29, 0.717) is 31.7 Å². The van der Waals surface area contributed by atoms with Crippen LogP contribution in [0.15, 0.2) is 47.6 Å². The Kier molecular flexibility index (Phi) is 5.30. The van der Waals surface area contributed by atoms with Crippen LogP contribution in [0.3, 0.4) is 0 Å². The Labute approximate surface area is 152 Å². The van der Waals surface area contributed by atoms with Crippen molar-refractivity contribution in [1.29, 1.82) is 0 Å². The highest BCUT2D eigenvalue weighted by Gasteiger charge is 2.30. The molecule has 2 heterocycles. The van der Waals surface area contributed by atoms with Gasteiger partial charge in [0.1, 0.15) is 0 Å². The summed E-state index contributed by atoms with van der Waals surface area (Å²) in [6.45, 7) is 4.26. The molecule has 1 aliphatic rings. The third kappa shape index (κ3) is 3.90. The molecule has 26 heavy (non-hydrogen) atoms. The first-order chi connectivity index (χ1) is 12.4. The highest BCUT2D eigenvalue weighted by molar-refractivity contribution is 7.89. The Morgan fingerprint density at radius 2 is 1.77 bits per heavy atom. The normalized spacial score (nSPS) is 16.5. The van der Waals surface area contributed by atoms with Crippen molar-refractivity contribution in [3.63, 3.8) is 0 Å². The van der Waals surface area contributed by atoms with Crippen molar-refractivity contribution in [1.82, 2.24) is 14.2 Å². The SMILES string of the molecule is Cc1ccc(S(=O)(=O)N2CCN(Cc3ccncc3)CC2)cc1[N+](=O)[O-]. The van der Waals surface area contributed by atoms with Crippen LogP contribution in [0.5, 0.6) is 0 Å². The van der Waals surface area contributed by atoms with Crippen molar-refractivity contribution in [2.75, 3.05) is 26.2 Å². The van der Waals surface area contributed by atoms with Gasteiger partial charge in [0.25, 0.3) is 5.69 Å². The van der Waals surface area contributed by atoms with E-state index in [1.165, 1.54) is 16.4 Å². The van der Waals surface area contributed by atoms with E-state index in [-0.39, 0.29) is 10.6 Å². The van der Waals surface area contributed by atoms with Gasteiger partial charge < -0.3 is 0 Å². The molecule has 0 aliphatic carbocycles. The second-order valence-corrected chi connectivity index (χ2v) is 8.18. The van der Waals surface area contributed by atoms with Crippen molar-refractivity contribution in [2.45, 2.75) is 18.4 Å². The molecule has 0 N–H and O–H groups in total. The number of piperazine rings is 1. The zero-order valence-corrected chi connectivity index (χ0v) is 15.2. The van der Waals surface area contributed by atoms with Gasteiger partial charge in [0.2, 0.25) is 10.0 Å². The first-order valence-electron chi connectivity index (χ1n) is 8.24. The number of pyridine rings is 1. The van der Waals surface area contributed by atoms with Crippen molar-refractivity contribution in [3.8, 4) is 0 Å². The minimum absolute atomic E-state index is 0.0302. The molecular weight excluding hydrogens is 356 g/mol. The average Bonchev–Trinajstić information content (AvgIpc) is 2.63. The molecule has 0 atom stereocenters. The van der Waals surface area contributed by atoms with Gasteiger partial charge in [-0.15, -0.1) is 0 Å². The highest BCUT2D eigenvalue weighted by atomic mass is 32.2. The van der Waals surface area contributed by atoms with Gasteiger partial charge in [-0.3, -0.25) is 20.0 Å². The molecule has 138 valence electrons. The molecule has 0 unspecified atom stereocenters. The number of nitrogens with zero attached hydrogens (tertiary/aromatic N) is 4. The zero-order chi connectivity index (χ0) is 18.7. The van der Waals surface area contributed by atoms with Gasteiger partial charge in [0.15, 0.2) is 0 Å².